The van der Waals surface area contributed by atoms with E-state index in [1.165, 1.54) is 6.07 Å². The Balaban J connectivity index is 2.14. The molecule has 0 aromatic heterocycles. The van der Waals surface area contributed by atoms with E-state index in [9.17, 15) is 9.65 Å². The topological polar surface area (TPSA) is 23.8 Å². The number of halogens is 2. The Kier molecular flexibility index (Phi) is 4.86. The molecule has 0 saturated heterocycles. The van der Waals surface area contributed by atoms with E-state index >= 15 is 0 Å². The largest absolute Gasteiger partial charge is 0.207 e. The van der Waals surface area contributed by atoms with Crippen LogP contribution in [-0.2, 0) is 6.42 Å². The fraction of sp³-hybridized carbons (Fsp3) is 0.588. The van der Waals surface area contributed by atoms with Crippen LogP contribution >= 0.6 is 15.9 Å². The minimum absolute atomic E-state index is 0.229. The molecule has 0 bridgehead atoms. The third-order valence-corrected chi connectivity index (χ3v) is 5.48. The first kappa shape index (κ1) is 15.5. The fourth-order valence-electron chi connectivity index (χ4n) is 3.23. The van der Waals surface area contributed by atoms with E-state index in [0.717, 1.165) is 41.6 Å². The van der Waals surface area contributed by atoms with Crippen molar-refractivity contribution in [2.75, 3.05) is 0 Å². The highest BCUT2D eigenvalue weighted by atomic mass is 79.9. The predicted molar refractivity (Wildman–Crippen MR) is 82.6 cm³/mol. The van der Waals surface area contributed by atoms with Gasteiger partial charge in [0.15, 0.2) is 0 Å². The van der Waals surface area contributed by atoms with Gasteiger partial charge in [-0.05, 0) is 67.7 Å². The number of rotatable bonds is 3. The SMILES string of the molecule is CC(C)C1CCC(C#N)(Cc2cc(F)ccc2Br)CC1. The van der Waals surface area contributed by atoms with Crippen molar-refractivity contribution in [3.05, 3.63) is 34.1 Å². The van der Waals surface area contributed by atoms with E-state index < -0.39 is 0 Å². The Morgan fingerprint density at radius 1 is 1.40 bits per heavy atom. The molecular formula is C17H21BrFN. The maximum absolute atomic E-state index is 13.4. The van der Waals surface area contributed by atoms with Crippen LogP contribution in [-0.4, -0.2) is 0 Å². The molecule has 1 aromatic rings. The molecule has 0 unspecified atom stereocenters. The summed E-state index contributed by atoms with van der Waals surface area (Å²) in [5, 5.41) is 9.63. The van der Waals surface area contributed by atoms with Crippen LogP contribution in [0.15, 0.2) is 22.7 Å². The highest BCUT2D eigenvalue weighted by molar-refractivity contribution is 9.10. The molecule has 1 aliphatic rings. The van der Waals surface area contributed by atoms with Crippen LogP contribution in [0, 0.1) is 34.4 Å². The Morgan fingerprint density at radius 3 is 2.60 bits per heavy atom. The summed E-state index contributed by atoms with van der Waals surface area (Å²) in [6.07, 6.45) is 4.72. The van der Waals surface area contributed by atoms with E-state index in [0.29, 0.717) is 12.3 Å². The van der Waals surface area contributed by atoms with Crippen molar-refractivity contribution >= 4 is 15.9 Å². The average Bonchev–Trinajstić information content (AvgIpc) is 2.43. The van der Waals surface area contributed by atoms with Gasteiger partial charge in [-0.15, -0.1) is 0 Å². The molecule has 0 aliphatic heterocycles. The molecule has 0 radical (unpaired) electrons. The lowest BCUT2D eigenvalue weighted by Crippen LogP contribution is -2.30. The highest BCUT2D eigenvalue weighted by Crippen LogP contribution is 2.44. The van der Waals surface area contributed by atoms with Gasteiger partial charge in [0.25, 0.3) is 0 Å². The van der Waals surface area contributed by atoms with E-state index in [1.54, 1.807) is 12.1 Å². The number of benzene rings is 1. The fourth-order valence-corrected chi connectivity index (χ4v) is 3.62. The summed E-state index contributed by atoms with van der Waals surface area (Å²) < 4.78 is 14.3. The number of nitriles is 1. The van der Waals surface area contributed by atoms with Crippen LogP contribution in [0.2, 0.25) is 0 Å². The second kappa shape index (κ2) is 6.26. The normalized spacial score (nSPS) is 26.5. The van der Waals surface area contributed by atoms with Gasteiger partial charge in [-0.25, -0.2) is 4.39 Å². The third-order valence-electron chi connectivity index (χ3n) is 4.70. The molecule has 0 heterocycles. The van der Waals surface area contributed by atoms with Gasteiger partial charge in [0.05, 0.1) is 11.5 Å². The minimum atomic E-state index is -0.318. The maximum atomic E-state index is 13.4. The van der Waals surface area contributed by atoms with Crippen molar-refractivity contribution in [3.8, 4) is 6.07 Å². The van der Waals surface area contributed by atoms with Crippen LogP contribution in [0.3, 0.4) is 0 Å². The summed E-state index contributed by atoms with van der Waals surface area (Å²) in [5.41, 5.74) is 0.594. The zero-order valence-corrected chi connectivity index (χ0v) is 13.7. The molecule has 1 fully saturated rings. The monoisotopic (exact) mass is 337 g/mol. The van der Waals surface area contributed by atoms with E-state index in [-0.39, 0.29) is 11.2 Å². The van der Waals surface area contributed by atoms with Gasteiger partial charge in [0, 0.05) is 4.47 Å². The van der Waals surface area contributed by atoms with E-state index in [1.807, 2.05) is 0 Å². The summed E-state index contributed by atoms with van der Waals surface area (Å²) in [6.45, 7) is 4.51. The van der Waals surface area contributed by atoms with Gasteiger partial charge in [-0.2, -0.15) is 5.26 Å². The molecule has 0 atom stereocenters. The van der Waals surface area contributed by atoms with E-state index in [2.05, 4.69) is 35.8 Å². The van der Waals surface area contributed by atoms with Gasteiger partial charge in [-0.3, -0.25) is 0 Å². The van der Waals surface area contributed by atoms with Crippen LogP contribution < -0.4 is 0 Å². The molecule has 0 spiro atoms. The molecule has 20 heavy (non-hydrogen) atoms. The van der Waals surface area contributed by atoms with Crippen molar-refractivity contribution < 1.29 is 4.39 Å². The highest BCUT2D eigenvalue weighted by Gasteiger charge is 2.36. The lowest BCUT2D eigenvalue weighted by molar-refractivity contribution is 0.174. The van der Waals surface area contributed by atoms with Gasteiger partial charge in [0.1, 0.15) is 5.82 Å². The van der Waals surface area contributed by atoms with Crippen molar-refractivity contribution in [3.63, 3.8) is 0 Å². The minimum Gasteiger partial charge on any atom is -0.207 e. The van der Waals surface area contributed by atoms with Crippen molar-refractivity contribution in [2.24, 2.45) is 17.3 Å². The van der Waals surface area contributed by atoms with Gasteiger partial charge >= 0.3 is 0 Å². The van der Waals surface area contributed by atoms with Crippen LogP contribution in [0.4, 0.5) is 4.39 Å². The summed E-state index contributed by atoms with van der Waals surface area (Å²) in [4.78, 5) is 0. The first-order valence-electron chi connectivity index (χ1n) is 7.31. The van der Waals surface area contributed by atoms with Crippen molar-refractivity contribution in [1.82, 2.24) is 0 Å². The molecule has 0 N–H and O–H groups in total. The van der Waals surface area contributed by atoms with E-state index in [4.69, 9.17) is 0 Å². The predicted octanol–water partition coefficient (Wildman–Crippen LogP) is 5.49. The Bertz CT molecular complexity index is 510. The molecule has 0 amide bonds. The van der Waals surface area contributed by atoms with Crippen LogP contribution in [0.5, 0.6) is 0 Å². The van der Waals surface area contributed by atoms with Crippen LogP contribution in [0.1, 0.15) is 45.1 Å². The quantitative estimate of drug-likeness (QED) is 0.715. The molecule has 3 heteroatoms. The average molecular weight is 338 g/mol. The first-order valence-corrected chi connectivity index (χ1v) is 8.10. The smallest absolute Gasteiger partial charge is 0.123 e. The first-order chi connectivity index (χ1) is 9.46. The number of hydrogen-bond acceptors (Lipinski definition) is 1. The lowest BCUT2D eigenvalue weighted by atomic mass is 9.66. The van der Waals surface area contributed by atoms with Crippen molar-refractivity contribution in [2.45, 2.75) is 46.0 Å². The second-order valence-corrected chi connectivity index (χ2v) is 7.24. The number of nitrogens with zero attached hydrogens (tertiary/aromatic N) is 1. The lowest BCUT2D eigenvalue weighted by Gasteiger charge is -2.36. The molecule has 108 valence electrons. The second-order valence-electron chi connectivity index (χ2n) is 6.39. The summed E-state index contributed by atoms with van der Waals surface area (Å²) in [7, 11) is 0. The van der Waals surface area contributed by atoms with Gasteiger partial charge in [-0.1, -0.05) is 29.8 Å². The number of hydrogen-bond donors (Lipinski definition) is 0. The summed E-state index contributed by atoms with van der Waals surface area (Å²) in [6, 6.07) is 7.26. The van der Waals surface area contributed by atoms with Crippen LogP contribution in [0.25, 0.3) is 0 Å². The Labute approximate surface area is 129 Å². The summed E-state index contributed by atoms with van der Waals surface area (Å²) in [5.74, 6) is 1.19. The Hall–Kier alpha value is -0.880. The molecule has 1 saturated carbocycles. The molecular weight excluding hydrogens is 317 g/mol. The van der Waals surface area contributed by atoms with Gasteiger partial charge < -0.3 is 0 Å². The zero-order chi connectivity index (χ0) is 14.8. The molecule has 1 aliphatic carbocycles. The molecule has 1 aromatic carbocycles. The maximum Gasteiger partial charge on any atom is 0.123 e. The van der Waals surface area contributed by atoms with Gasteiger partial charge in [0.2, 0.25) is 0 Å². The summed E-state index contributed by atoms with van der Waals surface area (Å²) >= 11 is 3.47. The standard InChI is InChI=1S/C17H21BrFN/c1-12(2)13-5-7-17(11-20,8-6-13)10-14-9-15(19)3-4-16(14)18/h3-4,9,12-13H,5-8,10H2,1-2H3. The Morgan fingerprint density at radius 2 is 2.05 bits per heavy atom. The molecule has 2 rings (SSSR count). The molecule has 1 nitrogen and oxygen atoms in total. The third kappa shape index (κ3) is 3.41. The zero-order valence-electron chi connectivity index (χ0n) is 12.1. The van der Waals surface area contributed by atoms with Crippen molar-refractivity contribution in [1.29, 1.82) is 5.26 Å².